The quantitative estimate of drug-likeness (QED) is 0.210. The first-order chi connectivity index (χ1) is 22.3. The van der Waals surface area contributed by atoms with Crippen LogP contribution in [-0.2, 0) is 0 Å². The molecule has 0 saturated carbocycles. The topological polar surface area (TPSA) is 35.9 Å². The lowest BCUT2D eigenvalue weighted by molar-refractivity contribution is 0.669. The molecule has 4 aromatic heterocycles. The highest BCUT2D eigenvalue weighted by molar-refractivity contribution is 6.23. The summed E-state index contributed by atoms with van der Waals surface area (Å²) in [5.74, 6) is 0.876. The molecule has 10 rings (SSSR count). The number of pyridine rings is 1. The van der Waals surface area contributed by atoms with Gasteiger partial charge < -0.3 is 8.98 Å². The van der Waals surface area contributed by atoms with Crippen molar-refractivity contribution in [1.29, 1.82) is 0 Å². The van der Waals surface area contributed by atoms with Gasteiger partial charge in [-0.3, -0.25) is 4.57 Å². The van der Waals surface area contributed by atoms with Crippen LogP contribution in [0.1, 0.15) is 0 Å². The van der Waals surface area contributed by atoms with Crippen molar-refractivity contribution in [2.75, 3.05) is 0 Å². The minimum absolute atomic E-state index is 0.867. The van der Waals surface area contributed by atoms with Crippen LogP contribution in [0.2, 0.25) is 0 Å². The SMILES string of the molecule is c1ccc(-n2c3ccccc3c3ccc4c5ccccc5n(-c5cccc(-c6cccc7oc8ccccc8c67)n5)c4c32)cc1. The van der Waals surface area contributed by atoms with Crippen LogP contribution in [0.25, 0.3) is 88.3 Å². The first-order valence-corrected chi connectivity index (χ1v) is 15.2. The molecule has 0 saturated heterocycles. The lowest BCUT2D eigenvalue weighted by atomic mass is 10.0. The van der Waals surface area contributed by atoms with Crippen LogP contribution in [0.5, 0.6) is 0 Å². The van der Waals surface area contributed by atoms with Gasteiger partial charge in [0.2, 0.25) is 0 Å². The summed E-state index contributed by atoms with van der Waals surface area (Å²) in [6.45, 7) is 0. The average Bonchev–Trinajstić information content (AvgIpc) is 3.76. The number of fused-ring (bicyclic) bond motifs is 10. The third-order valence-electron chi connectivity index (χ3n) is 9.13. The van der Waals surface area contributed by atoms with Crippen molar-refractivity contribution < 1.29 is 4.42 Å². The molecule has 4 heterocycles. The van der Waals surface area contributed by atoms with Crippen LogP contribution in [0.15, 0.2) is 156 Å². The highest BCUT2D eigenvalue weighted by Crippen LogP contribution is 2.42. The Morgan fingerprint density at radius 1 is 0.422 bits per heavy atom. The van der Waals surface area contributed by atoms with Gasteiger partial charge in [0, 0.05) is 43.6 Å². The van der Waals surface area contributed by atoms with Crippen molar-refractivity contribution in [2.24, 2.45) is 0 Å². The van der Waals surface area contributed by atoms with E-state index in [1.165, 1.54) is 32.6 Å². The second-order valence-electron chi connectivity index (χ2n) is 11.6. The number of furan rings is 1. The molecular weight excluding hydrogens is 550 g/mol. The minimum Gasteiger partial charge on any atom is -0.456 e. The summed E-state index contributed by atoms with van der Waals surface area (Å²) in [6, 6.07) is 53.4. The Morgan fingerprint density at radius 2 is 1.02 bits per heavy atom. The minimum atomic E-state index is 0.867. The van der Waals surface area contributed by atoms with Crippen LogP contribution < -0.4 is 0 Å². The predicted molar refractivity (Wildman–Crippen MR) is 186 cm³/mol. The molecule has 0 aliphatic carbocycles. The van der Waals surface area contributed by atoms with Crippen molar-refractivity contribution in [3.63, 3.8) is 0 Å². The zero-order valence-electron chi connectivity index (χ0n) is 24.2. The molecule has 4 heteroatoms. The Balaban J connectivity index is 1.34. The van der Waals surface area contributed by atoms with E-state index in [4.69, 9.17) is 9.40 Å². The summed E-state index contributed by atoms with van der Waals surface area (Å²) < 4.78 is 11.0. The van der Waals surface area contributed by atoms with Crippen LogP contribution in [0.4, 0.5) is 0 Å². The number of hydrogen-bond donors (Lipinski definition) is 0. The van der Waals surface area contributed by atoms with Gasteiger partial charge in [0.25, 0.3) is 0 Å². The highest BCUT2D eigenvalue weighted by atomic mass is 16.3. The molecule has 0 N–H and O–H groups in total. The summed E-state index contributed by atoms with van der Waals surface area (Å²) >= 11 is 0. The van der Waals surface area contributed by atoms with Gasteiger partial charge in [-0.15, -0.1) is 0 Å². The normalized spacial score (nSPS) is 12.0. The molecule has 10 aromatic rings. The Bertz CT molecular complexity index is 2760. The fourth-order valence-electron chi connectivity index (χ4n) is 7.27. The van der Waals surface area contributed by atoms with Gasteiger partial charge in [-0.1, -0.05) is 103 Å². The summed E-state index contributed by atoms with van der Waals surface area (Å²) in [4.78, 5) is 5.40. The van der Waals surface area contributed by atoms with Gasteiger partial charge >= 0.3 is 0 Å². The summed E-state index contributed by atoms with van der Waals surface area (Å²) in [5, 5.41) is 7.04. The smallest absolute Gasteiger partial charge is 0.138 e. The van der Waals surface area contributed by atoms with E-state index < -0.39 is 0 Å². The molecule has 6 aromatic carbocycles. The molecule has 4 nitrogen and oxygen atoms in total. The van der Waals surface area contributed by atoms with Crippen molar-refractivity contribution in [2.45, 2.75) is 0 Å². The molecule has 0 atom stereocenters. The molecule has 0 aliphatic heterocycles. The number of hydrogen-bond acceptors (Lipinski definition) is 2. The standard InChI is InChI=1S/C41H25N3O/c1-2-12-26(13-3-1)43-34-19-7-4-14-27(34)29-24-25-30-28-15-5-8-20-35(28)44(41(30)40(29)43)38-23-11-18-33(42-38)31-17-10-22-37-39(31)32-16-6-9-21-36(32)45-37/h1-25H. The first kappa shape index (κ1) is 24.3. The van der Waals surface area contributed by atoms with Crippen molar-refractivity contribution in [3.05, 3.63) is 152 Å². The second kappa shape index (κ2) is 9.18. The van der Waals surface area contributed by atoms with E-state index in [1.807, 2.05) is 18.2 Å². The number of nitrogens with zero attached hydrogens (tertiary/aromatic N) is 3. The maximum Gasteiger partial charge on any atom is 0.138 e. The summed E-state index contributed by atoms with van der Waals surface area (Å²) in [6.07, 6.45) is 0. The van der Waals surface area contributed by atoms with E-state index in [0.717, 1.165) is 55.7 Å². The maximum absolute atomic E-state index is 6.23. The van der Waals surface area contributed by atoms with Crippen LogP contribution >= 0.6 is 0 Å². The fourth-order valence-corrected chi connectivity index (χ4v) is 7.27. The average molecular weight is 576 g/mol. The molecule has 0 spiro atoms. The molecule has 0 radical (unpaired) electrons. The van der Waals surface area contributed by atoms with Crippen LogP contribution in [0.3, 0.4) is 0 Å². The van der Waals surface area contributed by atoms with E-state index in [2.05, 4.69) is 143 Å². The molecule has 0 unspecified atom stereocenters. The summed E-state index contributed by atoms with van der Waals surface area (Å²) in [7, 11) is 0. The monoisotopic (exact) mass is 575 g/mol. The van der Waals surface area contributed by atoms with Crippen LogP contribution in [-0.4, -0.2) is 14.1 Å². The van der Waals surface area contributed by atoms with Gasteiger partial charge in [0.1, 0.15) is 17.0 Å². The van der Waals surface area contributed by atoms with Gasteiger partial charge in [0.15, 0.2) is 0 Å². The van der Waals surface area contributed by atoms with E-state index in [1.54, 1.807) is 0 Å². The molecule has 0 bridgehead atoms. The zero-order chi connectivity index (χ0) is 29.5. The van der Waals surface area contributed by atoms with E-state index in [0.29, 0.717) is 0 Å². The molecule has 0 aliphatic rings. The number of para-hydroxylation sites is 4. The largest absolute Gasteiger partial charge is 0.456 e. The Morgan fingerprint density at radius 3 is 1.80 bits per heavy atom. The predicted octanol–water partition coefficient (Wildman–Crippen LogP) is 10.8. The molecule has 0 amide bonds. The first-order valence-electron chi connectivity index (χ1n) is 15.2. The molecular formula is C41H25N3O. The van der Waals surface area contributed by atoms with Crippen molar-refractivity contribution >= 4 is 65.6 Å². The van der Waals surface area contributed by atoms with E-state index in [9.17, 15) is 0 Å². The molecule has 210 valence electrons. The van der Waals surface area contributed by atoms with Gasteiger partial charge in [-0.25, -0.2) is 4.98 Å². The Hall–Kier alpha value is -6.13. The zero-order valence-corrected chi connectivity index (χ0v) is 24.2. The number of rotatable bonds is 3. The second-order valence-corrected chi connectivity index (χ2v) is 11.6. The van der Waals surface area contributed by atoms with Crippen LogP contribution in [0, 0.1) is 0 Å². The number of benzene rings is 6. The lowest BCUT2D eigenvalue weighted by Crippen LogP contribution is -2.01. The number of aromatic nitrogens is 3. The molecule has 45 heavy (non-hydrogen) atoms. The van der Waals surface area contributed by atoms with Gasteiger partial charge in [0.05, 0.1) is 27.8 Å². The lowest BCUT2D eigenvalue weighted by Gasteiger charge is -2.13. The fraction of sp³-hybridized carbons (Fsp3) is 0. The maximum atomic E-state index is 6.23. The van der Waals surface area contributed by atoms with E-state index >= 15 is 0 Å². The van der Waals surface area contributed by atoms with E-state index in [-0.39, 0.29) is 0 Å². The van der Waals surface area contributed by atoms with Crippen molar-refractivity contribution in [3.8, 4) is 22.8 Å². The Kier molecular flexibility index (Phi) is 4.96. The Labute approximate surface area is 258 Å². The summed E-state index contributed by atoms with van der Waals surface area (Å²) in [5.41, 5.74) is 9.48. The highest BCUT2D eigenvalue weighted by Gasteiger charge is 2.22. The third-order valence-corrected chi connectivity index (χ3v) is 9.13. The third kappa shape index (κ3) is 3.39. The molecule has 0 fully saturated rings. The van der Waals surface area contributed by atoms with Gasteiger partial charge in [-0.05, 0) is 48.5 Å². The van der Waals surface area contributed by atoms with Crippen molar-refractivity contribution in [1.82, 2.24) is 14.1 Å². The van der Waals surface area contributed by atoms with Gasteiger partial charge in [-0.2, -0.15) is 0 Å².